The van der Waals surface area contributed by atoms with E-state index < -0.39 is 0 Å². The van der Waals surface area contributed by atoms with Gasteiger partial charge in [0.15, 0.2) is 0 Å². The molecule has 47 heavy (non-hydrogen) atoms. The molecule has 1 aliphatic rings. The Hall–Kier alpha value is -4.69. The van der Waals surface area contributed by atoms with E-state index in [1.807, 2.05) is 0 Å². The number of halogens is 2. The Kier molecular flexibility index (Phi) is 11.6. The van der Waals surface area contributed by atoms with Crippen LogP contribution in [0, 0.1) is 17.1 Å². The summed E-state index contributed by atoms with van der Waals surface area (Å²) in [5.74, 6) is 0.269. The number of nitrogens with one attached hydrogen (secondary N) is 2. The van der Waals surface area contributed by atoms with Gasteiger partial charge in [0, 0.05) is 49.6 Å². The summed E-state index contributed by atoms with van der Waals surface area (Å²) in [6.07, 6.45) is 5.97. The van der Waals surface area contributed by atoms with E-state index in [2.05, 4.69) is 33.5 Å². The zero-order valence-corrected chi connectivity index (χ0v) is 27.2. The van der Waals surface area contributed by atoms with E-state index >= 15 is 0 Å². The molecule has 0 atom stereocenters. The number of benzene rings is 3. The summed E-state index contributed by atoms with van der Waals surface area (Å²) < 4.78 is 30.5. The summed E-state index contributed by atoms with van der Waals surface area (Å²) in [4.78, 5) is 20.1. The Bertz CT molecular complexity index is 1800. The van der Waals surface area contributed by atoms with E-state index in [1.165, 1.54) is 18.3 Å². The van der Waals surface area contributed by atoms with Gasteiger partial charge in [0.05, 0.1) is 34.1 Å². The number of likely N-dealkylation sites (tertiary alicyclic amines) is 1. The van der Waals surface area contributed by atoms with E-state index in [-0.39, 0.29) is 24.9 Å². The molecule has 2 N–H and O–H groups in total. The van der Waals surface area contributed by atoms with Gasteiger partial charge in [0.2, 0.25) is 5.91 Å². The van der Waals surface area contributed by atoms with Crippen LogP contribution >= 0.6 is 11.6 Å². The second-order valence-corrected chi connectivity index (χ2v) is 11.6. The van der Waals surface area contributed by atoms with Crippen LogP contribution in [-0.2, 0) is 16.1 Å². The first-order chi connectivity index (χ1) is 22.9. The van der Waals surface area contributed by atoms with Crippen molar-refractivity contribution in [3.8, 4) is 17.6 Å². The van der Waals surface area contributed by atoms with Gasteiger partial charge in [0.25, 0.3) is 0 Å². The van der Waals surface area contributed by atoms with Crippen LogP contribution in [0.3, 0.4) is 0 Å². The van der Waals surface area contributed by atoms with Crippen LogP contribution in [0.4, 0.5) is 21.5 Å². The lowest BCUT2D eigenvalue weighted by Crippen LogP contribution is -2.31. The number of piperidine rings is 1. The summed E-state index contributed by atoms with van der Waals surface area (Å²) in [5.41, 5.74) is 4.16. The van der Waals surface area contributed by atoms with Gasteiger partial charge in [0.1, 0.15) is 36.6 Å². The number of aromatic nitrogens is 1. The summed E-state index contributed by atoms with van der Waals surface area (Å²) in [6, 6.07) is 17.0. The van der Waals surface area contributed by atoms with Crippen LogP contribution in [0.25, 0.3) is 10.9 Å². The Morgan fingerprint density at radius 3 is 2.66 bits per heavy atom. The molecule has 0 aliphatic carbocycles. The predicted molar refractivity (Wildman–Crippen MR) is 182 cm³/mol. The van der Waals surface area contributed by atoms with Crippen LogP contribution in [0.5, 0.6) is 11.5 Å². The number of fused-ring (bicyclic) bond motifs is 1. The van der Waals surface area contributed by atoms with Crippen LogP contribution in [0.1, 0.15) is 37.3 Å². The van der Waals surface area contributed by atoms with Crippen LogP contribution < -0.4 is 20.1 Å². The van der Waals surface area contributed by atoms with Crippen molar-refractivity contribution < 1.29 is 23.4 Å². The number of anilines is 3. The van der Waals surface area contributed by atoms with Gasteiger partial charge in [-0.3, -0.25) is 9.78 Å². The lowest BCUT2D eigenvalue weighted by molar-refractivity contribution is -0.112. The Labute approximate surface area is 278 Å². The molecule has 0 bridgehead atoms. The van der Waals surface area contributed by atoms with Crippen LogP contribution in [0.15, 0.2) is 72.4 Å². The first-order valence-corrected chi connectivity index (χ1v) is 15.9. The number of nitriles is 1. The number of carbonyl (C=O) groups is 1. The predicted octanol–water partition coefficient (Wildman–Crippen LogP) is 7.62. The zero-order chi connectivity index (χ0) is 33.2. The minimum atomic E-state index is -0.342. The summed E-state index contributed by atoms with van der Waals surface area (Å²) in [5, 5.41) is 17.2. The molecule has 1 aromatic heterocycles. The molecule has 2 heterocycles. The van der Waals surface area contributed by atoms with E-state index in [4.69, 9.17) is 25.8 Å². The molecule has 1 saturated heterocycles. The van der Waals surface area contributed by atoms with Crippen LogP contribution in [-0.4, -0.2) is 55.7 Å². The maximum atomic E-state index is 13.6. The highest BCUT2D eigenvalue weighted by molar-refractivity contribution is 6.32. The SMILES string of the molecule is CCCN1CCC(=CC(=O)Nc2cc3c(Nc4ccc(OCc5cccc(F)c5)c(Cl)c4)c(C#N)cnc3cc2OCCOC)CC1. The van der Waals surface area contributed by atoms with E-state index in [0.717, 1.165) is 44.5 Å². The zero-order valence-electron chi connectivity index (χ0n) is 26.4. The highest BCUT2D eigenvalue weighted by Crippen LogP contribution is 2.37. The maximum absolute atomic E-state index is 13.6. The van der Waals surface area contributed by atoms with Gasteiger partial charge >= 0.3 is 0 Å². The van der Waals surface area contributed by atoms with Crippen molar-refractivity contribution in [2.24, 2.45) is 0 Å². The topological polar surface area (TPSA) is 109 Å². The van der Waals surface area contributed by atoms with Crippen molar-refractivity contribution in [1.82, 2.24) is 9.88 Å². The highest BCUT2D eigenvalue weighted by atomic mass is 35.5. The quantitative estimate of drug-likeness (QED) is 0.112. The fraction of sp³-hybridized carbons (Fsp3) is 0.306. The maximum Gasteiger partial charge on any atom is 0.248 e. The smallest absolute Gasteiger partial charge is 0.248 e. The van der Waals surface area contributed by atoms with Crippen molar-refractivity contribution in [3.05, 3.63) is 94.4 Å². The summed E-state index contributed by atoms with van der Waals surface area (Å²) in [7, 11) is 1.59. The molecule has 1 fully saturated rings. The van der Waals surface area contributed by atoms with Gasteiger partial charge < -0.3 is 29.7 Å². The lowest BCUT2D eigenvalue weighted by atomic mass is 10.0. The average molecular weight is 658 g/mol. The molecular weight excluding hydrogens is 621 g/mol. The number of hydrogen-bond acceptors (Lipinski definition) is 8. The van der Waals surface area contributed by atoms with Gasteiger partial charge in [-0.25, -0.2) is 4.39 Å². The number of rotatable bonds is 13. The van der Waals surface area contributed by atoms with Crippen molar-refractivity contribution in [2.75, 3.05) is 50.6 Å². The number of ether oxygens (including phenoxy) is 3. The Balaban J connectivity index is 1.41. The van der Waals surface area contributed by atoms with Crippen molar-refractivity contribution in [3.63, 3.8) is 0 Å². The van der Waals surface area contributed by atoms with E-state index in [9.17, 15) is 14.4 Å². The first-order valence-electron chi connectivity index (χ1n) is 15.5. The number of hydrogen-bond donors (Lipinski definition) is 2. The number of pyridine rings is 1. The van der Waals surface area contributed by atoms with Gasteiger partial charge in [-0.1, -0.05) is 36.2 Å². The molecule has 11 heteroatoms. The average Bonchev–Trinajstić information content (AvgIpc) is 3.06. The normalized spacial score (nSPS) is 13.2. The molecule has 0 unspecified atom stereocenters. The first kappa shape index (κ1) is 33.7. The molecular formula is C36H37ClFN5O4. The summed E-state index contributed by atoms with van der Waals surface area (Å²) >= 11 is 6.55. The monoisotopic (exact) mass is 657 g/mol. The third-order valence-electron chi connectivity index (χ3n) is 7.75. The van der Waals surface area contributed by atoms with E-state index in [1.54, 1.807) is 55.7 Å². The number of amides is 1. The lowest BCUT2D eigenvalue weighted by Gasteiger charge is -2.27. The molecule has 0 radical (unpaired) electrons. The van der Waals surface area contributed by atoms with Crippen molar-refractivity contribution >= 4 is 45.5 Å². The fourth-order valence-electron chi connectivity index (χ4n) is 5.40. The molecule has 0 saturated carbocycles. The third-order valence-corrected chi connectivity index (χ3v) is 8.05. The molecule has 5 rings (SSSR count). The minimum absolute atomic E-state index is 0.148. The Morgan fingerprint density at radius 1 is 1.11 bits per heavy atom. The molecule has 4 aromatic rings. The highest BCUT2D eigenvalue weighted by Gasteiger charge is 2.18. The molecule has 3 aromatic carbocycles. The number of nitrogens with zero attached hydrogens (tertiary/aromatic N) is 3. The minimum Gasteiger partial charge on any atom is -0.489 e. The molecule has 1 aliphatic heterocycles. The Morgan fingerprint density at radius 2 is 1.94 bits per heavy atom. The second-order valence-electron chi connectivity index (χ2n) is 11.2. The third kappa shape index (κ3) is 8.98. The molecule has 9 nitrogen and oxygen atoms in total. The van der Waals surface area contributed by atoms with Crippen molar-refractivity contribution in [1.29, 1.82) is 5.26 Å². The molecule has 244 valence electrons. The summed E-state index contributed by atoms with van der Waals surface area (Å²) in [6.45, 7) is 5.89. The van der Waals surface area contributed by atoms with Gasteiger partial charge in [-0.05, 0) is 67.8 Å². The second kappa shape index (κ2) is 16.2. The molecule has 1 amide bonds. The largest absolute Gasteiger partial charge is 0.489 e. The number of carbonyl (C=O) groups excluding carboxylic acids is 1. The van der Waals surface area contributed by atoms with Crippen molar-refractivity contribution in [2.45, 2.75) is 32.8 Å². The van der Waals surface area contributed by atoms with Gasteiger partial charge in [-0.2, -0.15) is 5.26 Å². The van der Waals surface area contributed by atoms with Gasteiger partial charge in [-0.15, -0.1) is 0 Å². The molecule has 0 spiro atoms. The number of methoxy groups -OCH3 is 1. The van der Waals surface area contributed by atoms with E-state index in [0.29, 0.717) is 62.2 Å². The fourth-order valence-corrected chi connectivity index (χ4v) is 5.63. The van der Waals surface area contributed by atoms with Crippen LogP contribution in [0.2, 0.25) is 5.02 Å². The standard InChI is InChI=1S/C36H37ClFN5O4/c1-3-11-43-12-9-24(10-13-43)17-35(44)42-32-19-29-31(20-34(32)46-15-14-45-2)40-22-26(21-39)36(29)41-28-7-8-33(30(37)18-28)47-23-25-5-4-6-27(38)16-25/h4-8,16-20,22H,3,9-15,23H2,1-2H3,(H,40,41)(H,42,44).